The second-order valence-corrected chi connectivity index (χ2v) is 13.6. The van der Waals surface area contributed by atoms with E-state index in [1.807, 2.05) is 19.6 Å². The van der Waals surface area contributed by atoms with Crippen LogP contribution in [0.5, 0.6) is 0 Å². The average molecular weight is 443 g/mol. The third-order valence-electron chi connectivity index (χ3n) is 3.66. The number of hydrogen-bond donors (Lipinski definition) is 1. The Bertz CT molecular complexity index is 849. The first kappa shape index (κ1) is 24.9. The molecule has 0 saturated heterocycles. The van der Waals surface area contributed by atoms with E-state index in [2.05, 4.69) is 4.74 Å². The topological polar surface area (TPSA) is 99.1 Å². The number of rotatable bonds is 10. The van der Waals surface area contributed by atoms with Crippen LogP contribution < -0.4 is 0 Å². The van der Waals surface area contributed by atoms with E-state index < -0.39 is 30.2 Å². The summed E-state index contributed by atoms with van der Waals surface area (Å²) in [5.41, 5.74) is 0. The van der Waals surface area contributed by atoms with Gasteiger partial charge in [-0.25, -0.2) is 13.2 Å². The second kappa shape index (κ2) is 10.6. The van der Waals surface area contributed by atoms with Gasteiger partial charge in [-0.1, -0.05) is 18.2 Å². The van der Waals surface area contributed by atoms with Crippen LogP contribution in [0.15, 0.2) is 57.7 Å². The molecule has 0 fully saturated rings. The maximum atomic E-state index is 13.2. The van der Waals surface area contributed by atoms with Crippen LogP contribution in [0.1, 0.15) is 20.3 Å². The number of hydrogen-bond acceptors (Lipinski definition) is 7. The predicted octanol–water partition coefficient (Wildman–Crippen LogP) is 3.95. The molecule has 0 aromatic heterocycles. The first-order valence-corrected chi connectivity index (χ1v) is 14.1. The van der Waals surface area contributed by atoms with Gasteiger partial charge in [0, 0.05) is 13.0 Å². The number of carbonyl (C=O) groups excluding carboxylic acids is 1. The molecule has 0 bridgehead atoms. The molecule has 1 atom stereocenters. The van der Waals surface area contributed by atoms with Crippen LogP contribution >= 0.6 is 0 Å². The fraction of sp³-hybridized carbons (Fsp3) is 0.450. The van der Waals surface area contributed by atoms with E-state index in [1.54, 1.807) is 25.1 Å². The summed E-state index contributed by atoms with van der Waals surface area (Å²) < 4.78 is 42.7. The van der Waals surface area contributed by atoms with Crippen LogP contribution in [0.3, 0.4) is 0 Å². The lowest BCUT2D eigenvalue weighted by Gasteiger charge is -2.26. The van der Waals surface area contributed by atoms with E-state index in [-0.39, 0.29) is 34.3 Å². The molecule has 0 saturated carbocycles. The smallest absolute Gasteiger partial charge is 0.333 e. The number of aliphatic hydroxyl groups excluding tert-OH is 1. The second-order valence-electron chi connectivity index (χ2n) is 7.26. The minimum Gasteiger partial charge on any atom is -0.547 e. The van der Waals surface area contributed by atoms with Crippen molar-refractivity contribution < 1.29 is 32.2 Å². The quantitative estimate of drug-likeness (QED) is 0.253. The number of ether oxygens (including phenoxy) is 2. The van der Waals surface area contributed by atoms with Crippen LogP contribution in [-0.2, 0) is 28.5 Å². The molecule has 0 amide bonds. The van der Waals surface area contributed by atoms with Crippen molar-refractivity contribution in [3.63, 3.8) is 0 Å². The monoisotopic (exact) mass is 442 g/mol. The van der Waals surface area contributed by atoms with Gasteiger partial charge in [-0.15, -0.1) is 0 Å². The van der Waals surface area contributed by atoms with Crippen molar-refractivity contribution in [1.29, 1.82) is 0 Å². The molecular formula is C20H30O7SSi. The summed E-state index contributed by atoms with van der Waals surface area (Å²) in [6.45, 7) is 9.01. The number of carbonyl (C=O) groups is 1. The molecular weight excluding hydrogens is 412 g/mol. The summed E-state index contributed by atoms with van der Waals surface area (Å²) in [6.07, 6.45) is 0.0958. The Morgan fingerprint density at radius 2 is 1.79 bits per heavy atom. The molecule has 0 radical (unpaired) electrons. The van der Waals surface area contributed by atoms with E-state index in [9.17, 15) is 18.3 Å². The average Bonchev–Trinajstić information content (AvgIpc) is 2.60. The molecule has 1 aromatic rings. The van der Waals surface area contributed by atoms with Gasteiger partial charge >= 0.3 is 5.97 Å². The molecule has 0 spiro atoms. The first-order valence-electron chi connectivity index (χ1n) is 9.21. The van der Waals surface area contributed by atoms with Crippen molar-refractivity contribution in [1.82, 2.24) is 0 Å². The fourth-order valence-electron chi connectivity index (χ4n) is 2.65. The van der Waals surface area contributed by atoms with Gasteiger partial charge in [0.25, 0.3) is 0 Å². The summed E-state index contributed by atoms with van der Waals surface area (Å²) in [7, 11) is -4.91. The van der Waals surface area contributed by atoms with Crippen LogP contribution in [0.4, 0.5) is 0 Å². The Kier molecular flexibility index (Phi) is 9.12. The van der Waals surface area contributed by atoms with Gasteiger partial charge in [0.1, 0.15) is 16.8 Å². The van der Waals surface area contributed by atoms with Crippen molar-refractivity contribution in [2.24, 2.45) is 0 Å². The fourth-order valence-corrected chi connectivity index (χ4v) is 5.24. The molecule has 9 heteroatoms. The highest BCUT2D eigenvalue weighted by Gasteiger charge is 2.33. The van der Waals surface area contributed by atoms with Gasteiger partial charge in [-0.2, -0.15) is 0 Å². The lowest BCUT2D eigenvalue weighted by molar-refractivity contribution is -0.135. The van der Waals surface area contributed by atoms with Crippen LogP contribution in [-0.4, -0.2) is 47.6 Å². The number of benzene rings is 1. The van der Waals surface area contributed by atoms with E-state index in [4.69, 9.17) is 9.16 Å². The zero-order valence-electron chi connectivity index (χ0n) is 17.8. The predicted molar refractivity (Wildman–Crippen MR) is 114 cm³/mol. The van der Waals surface area contributed by atoms with Crippen LogP contribution in [0.25, 0.3) is 0 Å². The van der Waals surface area contributed by atoms with Gasteiger partial charge < -0.3 is 19.0 Å². The molecule has 0 aliphatic rings. The van der Waals surface area contributed by atoms with Crippen LogP contribution in [0, 0.1) is 0 Å². The maximum Gasteiger partial charge on any atom is 0.333 e. The normalized spacial score (nSPS) is 14.8. The zero-order chi connectivity index (χ0) is 22.2. The Morgan fingerprint density at radius 1 is 1.21 bits per heavy atom. The third-order valence-corrected chi connectivity index (χ3v) is 6.57. The molecule has 0 heterocycles. The number of methoxy groups -OCH3 is 1. The van der Waals surface area contributed by atoms with Crippen molar-refractivity contribution in [3.8, 4) is 0 Å². The SMILES string of the molecule is CCOC(C/C(=C/C(=O)OC)O[Si](C)(C)C)/C(=C(/C)O)S(=O)(=O)c1ccccc1. The molecule has 162 valence electrons. The van der Waals surface area contributed by atoms with Gasteiger partial charge in [0.05, 0.1) is 23.8 Å². The van der Waals surface area contributed by atoms with Crippen molar-refractivity contribution in [3.05, 3.63) is 52.8 Å². The molecule has 1 unspecified atom stereocenters. The molecule has 1 rings (SSSR count). The minimum atomic E-state index is -4.03. The van der Waals surface area contributed by atoms with Crippen molar-refractivity contribution >= 4 is 24.1 Å². The summed E-state index contributed by atoms with van der Waals surface area (Å²) in [5.74, 6) is -0.750. The van der Waals surface area contributed by atoms with Gasteiger partial charge in [0.15, 0.2) is 0 Å². The highest BCUT2D eigenvalue weighted by molar-refractivity contribution is 7.95. The Labute approximate surface area is 174 Å². The lowest BCUT2D eigenvalue weighted by Crippen LogP contribution is -2.29. The summed E-state index contributed by atoms with van der Waals surface area (Å²) in [5, 5.41) is 10.3. The standard InChI is InChI=1S/C20H30O7SSi/c1-7-26-18(13-16(14-19(22)25-3)27-29(4,5)6)20(15(2)21)28(23,24)17-11-9-8-10-12-17/h8-12,14,18,21H,7,13H2,1-6H3/b16-14-,20-15+. The third kappa shape index (κ3) is 7.67. The molecule has 7 nitrogen and oxygen atoms in total. The summed E-state index contributed by atoms with van der Waals surface area (Å²) >= 11 is 0. The van der Waals surface area contributed by atoms with Gasteiger partial charge in [-0.05, 0) is 45.6 Å². The Balaban J connectivity index is 3.44. The zero-order valence-corrected chi connectivity index (χ0v) is 19.6. The van der Waals surface area contributed by atoms with Gasteiger partial charge in [0.2, 0.25) is 18.2 Å². The van der Waals surface area contributed by atoms with Gasteiger partial charge in [-0.3, -0.25) is 0 Å². The highest BCUT2D eigenvalue weighted by atomic mass is 32.2. The van der Waals surface area contributed by atoms with Crippen LogP contribution in [0.2, 0.25) is 19.6 Å². The minimum absolute atomic E-state index is 0.0396. The van der Waals surface area contributed by atoms with E-state index >= 15 is 0 Å². The first-order chi connectivity index (χ1) is 13.4. The maximum absolute atomic E-state index is 13.2. The Morgan fingerprint density at radius 3 is 2.24 bits per heavy atom. The number of sulfone groups is 1. The summed E-state index contributed by atoms with van der Waals surface area (Å²) in [6, 6.07) is 7.80. The molecule has 1 N–H and O–H groups in total. The summed E-state index contributed by atoms with van der Waals surface area (Å²) in [4.78, 5) is 11.6. The van der Waals surface area contributed by atoms with Crippen molar-refractivity contribution in [2.45, 2.75) is 50.9 Å². The molecule has 29 heavy (non-hydrogen) atoms. The highest BCUT2D eigenvalue weighted by Crippen LogP contribution is 2.30. The number of aliphatic hydroxyl groups is 1. The Hall–Kier alpha value is -2.10. The van der Waals surface area contributed by atoms with E-state index in [0.29, 0.717) is 0 Å². The van der Waals surface area contributed by atoms with E-state index in [1.165, 1.54) is 32.2 Å². The molecule has 0 aliphatic heterocycles. The number of allylic oxidation sites excluding steroid dienone is 1. The van der Waals surface area contributed by atoms with Crippen molar-refractivity contribution in [2.75, 3.05) is 13.7 Å². The largest absolute Gasteiger partial charge is 0.547 e. The number of esters is 1. The van der Waals surface area contributed by atoms with E-state index in [0.717, 1.165) is 0 Å². The lowest BCUT2D eigenvalue weighted by atomic mass is 10.2. The molecule has 1 aromatic carbocycles. The molecule has 0 aliphatic carbocycles.